The van der Waals surface area contributed by atoms with E-state index in [2.05, 4.69) is 20.8 Å². The lowest BCUT2D eigenvalue weighted by Gasteiger charge is -2.10. The zero-order valence-corrected chi connectivity index (χ0v) is 18.7. The fourth-order valence-electron chi connectivity index (χ4n) is 3.28. The lowest BCUT2D eigenvalue weighted by molar-refractivity contribution is -0.384. The van der Waals surface area contributed by atoms with Crippen LogP contribution in [0.25, 0.3) is 11.5 Å². The minimum absolute atomic E-state index is 0.0254. The molecular formula is C25H19N5O6. The summed E-state index contributed by atoms with van der Waals surface area (Å²) in [5.41, 5.74) is 1.27. The number of aromatic nitrogens is 2. The predicted octanol–water partition coefficient (Wildman–Crippen LogP) is 4.50. The van der Waals surface area contributed by atoms with Crippen molar-refractivity contribution in [1.29, 1.82) is 0 Å². The van der Waals surface area contributed by atoms with Gasteiger partial charge >= 0.3 is 6.01 Å². The third-order valence-electron chi connectivity index (χ3n) is 5.09. The molecule has 0 fully saturated rings. The van der Waals surface area contributed by atoms with Gasteiger partial charge in [0.1, 0.15) is 0 Å². The van der Waals surface area contributed by atoms with Gasteiger partial charge in [0, 0.05) is 36.1 Å². The van der Waals surface area contributed by atoms with Crippen LogP contribution in [0, 0.1) is 10.1 Å². The molecule has 3 aromatic carbocycles. The van der Waals surface area contributed by atoms with Gasteiger partial charge in [0.25, 0.3) is 11.6 Å². The van der Waals surface area contributed by atoms with E-state index in [1.54, 1.807) is 48.5 Å². The van der Waals surface area contributed by atoms with Crippen LogP contribution in [0.5, 0.6) is 0 Å². The molecule has 36 heavy (non-hydrogen) atoms. The largest absolute Gasteiger partial charge is 0.403 e. The SMILES string of the molecule is O=C(CCC(=O)c1ccccc1)Nc1ccccc1C(=O)Nc1nnc(-c2ccc([N+](=O)[O-])cc2)o1. The molecule has 2 N–H and O–H groups in total. The first-order valence-electron chi connectivity index (χ1n) is 10.8. The Labute approximate surface area is 204 Å². The number of carbonyl (C=O) groups excluding carboxylic acids is 3. The van der Waals surface area contributed by atoms with E-state index in [1.165, 1.54) is 30.3 Å². The maximum Gasteiger partial charge on any atom is 0.322 e. The number of nitrogens with one attached hydrogen (secondary N) is 2. The number of rotatable bonds is 9. The molecule has 0 radical (unpaired) electrons. The van der Waals surface area contributed by atoms with E-state index in [0.29, 0.717) is 11.1 Å². The Kier molecular flexibility index (Phi) is 7.20. The second-order valence-corrected chi connectivity index (χ2v) is 7.55. The van der Waals surface area contributed by atoms with Crippen LogP contribution in [-0.4, -0.2) is 32.7 Å². The highest BCUT2D eigenvalue weighted by Gasteiger charge is 2.18. The first-order chi connectivity index (χ1) is 17.4. The summed E-state index contributed by atoms with van der Waals surface area (Å²) in [4.78, 5) is 47.7. The number of nitro benzene ring substituents is 1. The summed E-state index contributed by atoms with van der Waals surface area (Å²) in [6.07, 6.45) is -0.0243. The smallest absolute Gasteiger partial charge is 0.322 e. The van der Waals surface area contributed by atoms with Gasteiger partial charge in [-0.25, -0.2) is 0 Å². The van der Waals surface area contributed by atoms with Gasteiger partial charge in [0.15, 0.2) is 5.78 Å². The molecule has 0 unspecified atom stereocenters. The maximum absolute atomic E-state index is 12.8. The number of carbonyl (C=O) groups is 3. The van der Waals surface area contributed by atoms with E-state index < -0.39 is 16.7 Å². The minimum atomic E-state index is -0.606. The van der Waals surface area contributed by atoms with E-state index in [0.717, 1.165) is 0 Å². The molecule has 4 aromatic rings. The highest BCUT2D eigenvalue weighted by atomic mass is 16.6. The number of benzene rings is 3. The van der Waals surface area contributed by atoms with Crippen LogP contribution in [0.4, 0.5) is 17.4 Å². The van der Waals surface area contributed by atoms with Crippen molar-refractivity contribution in [2.24, 2.45) is 0 Å². The molecule has 0 saturated heterocycles. The molecule has 0 saturated carbocycles. The molecule has 2 amide bonds. The topological polar surface area (TPSA) is 157 Å². The molecule has 0 aliphatic rings. The van der Waals surface area contributed by atoms with E-state index in [4.69, 9.17) is 4.42 Å². The molecule has 1 heterocycles. The highest BCUT2D eigenvalue weighted by molar-refractivity contribution is 6.09. The fourth-order valence-corrected chi connectivity index (χ4v) is 3.28. The van der Waals surface area contributed by atoms with Crippen molar-refractivity contribution in [1.82, 2.24) is 10.2 Å². The van der Waals surface area contributed by atoms with Gasteiger partial charge in [0.2, 0.25) is 11.8 Å². The number of hydrogen-bond acceptors (Lipinski definition) is 8. The van der Waals surface area contributed by atoms with Crippen LogP contribution in [-0.2, 0) is 4.79 Å². The summed E-state index contributed by atoms with van der Waals surface area (Å²) in [6.45, 7) is 0. The summed E-state index contributed by atoms with van der Waals surface area (Å²) in [6, 6.07) is 20.3. The summed E-state index contributed by atoms with van der Waals surface area (Å²) in [7, 11) is 0. The minimum Gasteiger partial charge on any atom is -0.403 e. The molecule has 0 spiro atoms. The number of Topliss-reactive ketones (excluding diaryl/α,β-unsaturated/α-hetero) is 1. The number of nitro groups is 1. The average Bonchev–Trinajstić information content (AvgIpc) is 3.36. The lowest BCUT2D eigenvalue weighted by atomic mass is 10.1. The van der Waals surface area contributed by atoms with E-state index in [9.17, 15) is 24.5 Å². The number of anilines is 2. The van der Waals surface area contributed by atoms with Gasteiger partial charge in [-0.3, -0.25) is 29.8 Å². The molecule has 11 nitrogen and oxygen atoms in total. The molecule has 0 bridgehead atoms. The predicted molar refractivity (Wildman–Crippen MR) is 129 cm³/mol. The zero-order valence-electron chi connectivity index (χ0n) is 18.7. The molecular weight excluding hydrogens is 466 g/mol. The zero-order chi connectivity index (χ0) is 25.5. The van der Waals surface area contributed by atoms with Crippen molar-refractivity contribution in [3.8, 4) is 11.5 Å². The monoisotopic (exact) mass is 485 g/mol. The summed E-state index contributed by atoms with van der Waals surface area (Å²) >= 11 is 0. The molecule has 0 atom stereocenters. The van der Waals surface area contributed by atoms with Crippen molar-refractivity contribution >= 4 is 35.0 Å². The van der Waals surface area contributed by atoms with E-state index in [-0.39, 0.29) is 47.5 Å². The van der Waals surface area contributed by atoms with E-state index >= 15 is 0 Å². The van der Waals surface area contributed by atoms with Crippen molar-refractivity contribution in [2.45, 2.75) is 12.8 Å². The Balaban J connectivity index is 1.39. The van der Waals surface area contributed by atoms with Crippen LogP contribution in [0.2, 0.25) is 0 Å². The van der Waals surface area contributed by atoms with Gasteiger partial charge in [-0.1, -0.05) is 47.6 Å². The van der Waals surface area contributed by atoms with Gasteiger partial charge in [-0.2, -0.15) is 0 Å². The Hall–Kier alpha value is -5.19. The number of ketones is 1. The molecule has 0 aliphatic heterocycles. The molecule has 1 aromatic heterocycles. The van der Waals surface area contributed by atoms with Gasteiger partial charge in [-0.15, -0.1) is 5.10 Å². The first-order valence-corrected chi connectivity index (χ1v) is 10.8. The average molecular weight is 485 g/mol. The Bertz CT molecular complexity index is 1420. The van der Waals surface area contributed by atoms with Crippen LogP contribution < -0.4 is 10.6 Å². The highest BCUT2D eigenvalue weighted by Crippen LogP contribution is 2.23. The maximum atomic E-state index is 12.8. The summed E-state index contributed by atoms with van der Waals surface area (Å²) in [5.74, 6) is -1.12. The standard InChI is InChI=1S/C25H19N5O6/c31-21(16-6-2-1-3-7-16)14-15-22(32)26-20-9-5-4-8-19(20)23(33)27-25-29-28-24(36-25)17-10-12-18(13-11-17)30(34)35/h1-13H,14-15H2,(H,26,32)(H,27,29,33). The molecule has 11 heteroatoms. The fraction of sp³-hybridized carbons (Fsp3) is 0.0800. The quantitative estimate of drug-likeness (QED) is 0.199. The van der Waals surface area contributed by atoms with E-state index in [1.807, 2.05) is 0 Å². The van der Waals surface area contributed by atoms with Gasteiger partial charge in [-0.05, 0) is 24.3 Å². The number of non-ortho nitro benzene ring substituents is 1. The number of para-hydroxylation sites is 1. The van der Waals surface area contributed by atoms with Crippen molar-refractivity contribution in [2.75, 3.05) is 10.6 Å². The number of amides is 2. The van der Waals surface area contributed by atoms with Gasteiger partial charge < -0.3 is 9.73 Å². The van der Waals surface area contributed by atoms with Crippen molar-refractivity contribution < 1.29 is 23.7 Å². The van der Waals surface area contributed by atoms with Crippen molar-refractivity contribution in [3.05, 3.63) is 100 Å². The Morgan fingerprint density at radius 3 is 2.25 bits per heavy atom. The normalized spacial score (nSPS) is 10.4. The second kappa shape index (κ2) is 10.8. The van der Waals surface area contributed by atoms with Crippen LogP contribution >= 0.6 is 0 Å². The van der Waals surface area contributed by atoms with Crippen LogP contribution in [0.1, 0.15) is 33.6 Å². The summed E-state index contributed by atoms with van der Waals surface area (Å²) < 4.78 is 5.44. The molecule has 0 aliphatic carbocycles. The number of nitrogens with zero attached hydrogens (tertiary/aromatic N) is 3. The second-order valence-electron chi connectivity index (χ2n) is 7.55. The van der Waals surface area contributed by atoms with Crippen LogP contribution in [0.15, 0.2) is 83.3 Å². The number of hydrogen-bond donors (Lipinski definition) is 2. The molecule has 4 rings (SSSR count). The lowest BCUT2D eigenvalue weighted by Crippen LogP contribution is -2.18. The van der Waals surface area contributed by atoms with Gasteiger partial charge in [0.05, 0.1) is 16.2 Å². The van der Waals surface area contributed by atoms with Crippen molar-refractivity contribution in [3.63, 3.8) is 0 Å². The molecule has 180 valence electrons. The Morgan fingerprint density at radius 1 is 0.833 bits per heavy atom. The third kappa shape index (κ3) is 5.83. The third-order valence-corrected chi connectivity index (χ3v) is 5.09. The van der Waals surface area contributed by atoms with Crippen LogP contribution in [0.3, 0.4) is 0 Å². The first kappa shape index (κ1) is 24.0. The summed E-state index contributed by atoms with van der Waals surface area (Å²) in [5, 5.41) is 23.5. The Morgan fingerprint density at radius 2 is 1.53 bits per heavy atom.